The standard InChI is InChI=1S/C29H31ClN2O5/c1-29(2,3)20-11-15-22(16-12-20)37-23-17-13-21(14-18-23)31-26(33)9-6-10-28(35)36-19-27(34)32-25-8-5-4-7-24(25)30/h4-5,7-8,11-18H,6,9-10,19H2,1-3H3,(H,31,33)(H,32,34). The van der Waals surface area contributed by atoms with Crippen LogP contribution in [-0.4, -0.2) is 24.4 Å². The molecule has 0 atom stereocenters. The van der Waals surface area contributed by atoms with Crippen LogP contribution in [0.2, 0.25) is 5.02 Å². The summed E-state index contributed by atoms with van der Waals surface area (Å²) in [5.41, 5.74) is 2.37. The van der Waals surface area contributed by atoms with E-state index in [9.17, 15) is 14.4 Å². The van der Waals surface area contributed by atoms with Crippen molar-refractivity contribution in [1.29, 1.82) is 0 Å². The molecule has 0 saturated heterocycles. The third-order valence-corrected chi connectivity index (χ3v) is 5.72. The summed E-state index contributed by atoms with van der Waals surface area (Å²) in [7, 11) is 0. The molecule has 3 rings (SSSR count). The summed E-state index contributed by atoms with van der Waals surface area (Å²) < 4.78 is 10.8. The molecule has 0 radical (unpaired) electrons. The molecule has 0 unspecified atom stereocenters. The van der Waals surface area contributed by atoms with E-state index in [4.69, 9.17) is 21.1 Å². The van der Waals surface area contributed by atoms with Gasteiger partial charge in [0.1, 0.15) is 11.5 Å². The lowest BCUT2D eigenvalue weighted by Crippen LogP contribution is -2.21. The van der Waals surface area contributed by atoms with Gasteiger partial charge in [0, 0.05) is 18.5 Å². The van der Waals surface area contributed by atoms with E-state index in [1.807, 2.05) is 12.1 Å². The maximum atomic E-state index is 12.2. The number of carbonyl (C=O) groups excluding carboxylic acids is 3. The fourth-order valence-electron chi connectivity index (χ4n) is 3.35. The van der Waals surface area contributed by atoms with Gasteiger partial charge in [-0.3, -0.25) is 14.4 Å². The fourth-order valence-corrected chi connectivity index (χ4v) is 3.53. The van der Waals surface area contributed by atoms with Crippen molar-refractivity contribution in [3.63, 3.8) is 0 Å². The summed E-state index contributed by atoms with van der Waals surface area (Å²) in [5.74, 6) is 0.115. The highest BCUT2D eigenvalue weighted by atomic mass is 35.5. The van der Waals surface area contributed by atoms with Crippen molar-refractivity contribution >= 4 is 40.8 Å². The normalized spacial score (nSPS) is 10.9. The van der Waals surface area contributed by atoms with Crippen LogP contribution in [-0.2, 0) is 24.5 Å². The first-order valence-electron chi connectivity index (χ1n) is 12.0. The molecule has 0 spiro atoms. The molecule has 0 aliphatic heterocycles. The van der Waals surface area contributed by atoms with E-state index in [-0.39, 0.29) is 24.2 Å². The van der Waals surface area contributed by atoms with Crippen LogP contribution < -0.4 is 15.4 Å². The number of hydrogen-bond donors (Lipinski definition) is 2. The van der Waals surface area contributed by atoms with Crippen molar-refractivity contribution in [3.05, 3.63) is 83.4 Å². The zero-order valence-electron chi connectivity index (χ0n) is 21.2. The van der Waals surface area contributed by atoms with Crippen LogP contribution in [0.5, 0.6) is 11.5 Å². The topological polar surface area (TPSA) is 93.7 Å². The number of halogens is 1. The van der Waals surface area contributed by atoms with Gasteiger partial charge in [-0.05, 0) is 65.9 Å². The second-order valence-electron chi connectivity index (χ2n) is 9.49. The molecular formula is C29H31ClN2O5. The highest BCUT2D eigenvalue weighted by Gasteiger charge is 2.13. The Kier molecular flexibility index (Phi) is 9.69. The molecule has 0 heterocycles. The minimum absolute atomic E-state index is 0.0214. The summed E-state index contributed by atoms with van der Waals surface area (Å²) >= 11 is 5.98. The van der Waals surface area contributed by atoms with Crippen molar-refractivity contribution in [3.8, 4) is 11.5 Å². The average molecular weight is 523 g/mol. The van der Waals surface area contributed by atoms with Crippen LogP contribution in [0.25, 0.3) is 0 Å². The molecule has 2 amide bonds. The Balaban J connectivity index is 1.35. The van der Waals surface area contributed by atoms with Gasteiger partial charge in [0.05, 0.1) is 10.7 Å². The van der Waals surface area contributed by atoms with E-state index in [0.717, 1.165) is 5.75 Å². The first-order chi connectivity index (χ1) is 17.6. The van der Waals surface area contributed by atoms with Crippen molar-refractivity contribution in [2.24, 2.45) is 0 Å². The largest absolute Gasteiger partial charge is 0.457 e. The maximum absolute atomic E-state index is 12.2. The van der Waals surface area contributed by atoms with E-state index >= 15 is 0 Å². The number of para-hydroxylation sites is 1. The Hall–Kier alpha value is -3.84. The zero-order chi connectivity index (χ0) is 26.8. The van der Waals surface area contributed by atoms with Crippen LogP contribution in [0.15, 0.2) is 72.8 Å². The Morgan fingerprint density at radius 2 is 1.41 bits per heavy atom. The first kappa shape index (κ1) is 27.7. The Morgan fingerprint density at radius 1 is 0.784 bits per heavy atom. The molecule has 2 N–H and O–H groups in total. The lowest BCUT2D eigenvalue weighted by atomic mass is 9.87. The molecule has 37 heavy (non-hydrogen) atoms. The van der Waals surface area contributed by atoms with Crippen molar-refractivity contribution in [2.75, 3.05) is 17.2 Å². The van der Waals surface area contributed by atoms with Crippen molar-refractivity contribution in [2.45, 2.75) is 45.4 Å². The lowest BCUT2D eigenvalue weighted by Gasteiger charge is -2.19. The molecule has 0 bridgehead atoms. The van der Waals surface area contributed by atoms with Gasteiger partial charge in [-0.1, -0.05) is 56.6 Å². The summed E-state index contributed by atoms with van der Waals surface area (Å²) in [4.78, 5) is 36.0. The average Bonchev–Trinajstić information content (AvgIpc) is 2.85. The molecule has 8 heteroatoms. The molecule has 3 aromatic carbocycles. The Morgan fingerprint density at radius 3 is 2.03 bits per heavy atom. The lowest BCUT2D eigenvalue weighted by molar-refractivity contribution is -0.147. The van der Waals surface area contributed by atoms with Crippen LogP contribution >= 0.6 is 11.6 Å². The molecular weight excluding hydrogens is 492 g/mol. The molecule has 0 aromatic heterocycles. The van der Waals surface area contributed by atoms with Gasteiger partial charge in [0.25, 0.3) is 5.91 Å². The number of anilines is 2. The molecule has 7 nitrogen and oxygen atoms in total. The molecule has 0 aliphatic rings. The van der Waals surface area contributed by atoms with Crippen LogP contribution in [0.1, 0.15) is 45.6 Å². The number of amides is 2. The zero-order valence-corrected chi connectivity index (χ0v) is 21.9. The van der Waals surface area contributed by atoms with E-state index in [0.29, 0.717) is 28.6 Å². The highest BCUT2D eigenvalue weighted by Crippen LogP contribution is 2.27. The predicted octanol–water partition coefficient (Wildman–Crippen LogP) is 6.72. The van der Waals surface area contributed by atoms with Crippen molar-refractivity contribution in [1.82, 2.24) is 0 Å². The second-order valence-corrected chi connectivity index (χ2v) is 9.90. The van der Waals surface area contributed by atoms with Gasteiger partial charge in [-0.15, -0.1) is 0 Å². The summed E-state index contributed by atoms with van der Waals surface area (Å²) in [6.45, 7) is 6.05. The number of esters is 1. The molecule has 0 aliphatic carbocycles. The summed E-state index contributed by atoms with van der Waals surface area (Å²) in [6.07, 6.45) is 0.454. The van der Waals surface area contributed by atoms with E-state index in [2.05, 4.69) is 43.5 Å². The van der Waals surface area contributed by atoms with E-state index in [1.54, 1.807) is 48.5 Å². The second kappa shape index (κ2) is 12.9. The Bertz CT molecular complexity index is 1220. The minimum atomic E-state index is -0.556. The van der Waals surface area contributed by atoms with Gasteiger partial charge < -0.3 is 20.1 Å². The molecule has 194 valence electrons. The third-order valence-electron chi connectivity index (χ3n) is 5.39. The van der Waals surface area contributed by atoms with Gasteiger partial charge in [0.2, 0.25) is 5.91 Å². The predicted molar refractivity (Wildman–Crippen MR) is 145 cm³/mol. The summed E-state index contributed by atoms with van der Waals surface area (Å²) in [5, 5.41) is 5.75. The number of hydrogen-bond acceptors (Lipinski definition) is 5. The Labute approximate surface area is 222 Å². The fraction of sp³-hybridized carbons (Fsp3) is 0.276. The van der Waals surface area contributed by atoms with Crippen LogP contribution in [0.4, 0.5) is 11.4 Å². The van der Waals surface area contributed by atoms with Crippen molar-refractivity contribution < 1.29 is 23.9 Å². The van der Waals surface area contributed by atoms with Crippen LogP contribution in [0, 0.1) is 0 Å². The van der Waals surface area contributed by atoms with Gasteiger partial charge in [-0.2, -0.15) is 0 Å². The monoisotopic (exact) mass is 522 g/mol. The van der Waals surface area contributed by atoms with E-state index < -0.39 is 18.5 Å². The quantitative estimate of drug-likeness (QED) is 0.288. The van der Waals surface area contributed by atoms with Gasteiger partial charge in [-0.25, -0.2) is 0 Å². The highest BCUT2D eigenvalue weighted by molar-refractivity contribution is 6.33. The smallest absolute Gasteiger partial charge is 0.306 e. The molecule has 3 aromatic rings. The SMILES string of the molecule is CC(C)(C)c1ccc(Oc2ccc(NC(=O)CCCC(=O)OCC(=O)Nc3ccccc3Cl)cc2)cc1. The minimum Gasteiger partial charge on any atom is -0.457 e. The summed E-state index contributed by atoms with van der Waals surface area (Å²) in [6, 6.07) is 21.8. The van der Waals surface area contributed by atoms with Gasteiger partial charge >= 0.3 is 5.97 Å². The van der Waals surface area contributed by atoms with E-state index in [1.165, 1.54) is 5.56 Å². The number of benzene rings is 3. The maximum Gasteiger partial charge on any atom is 0.306 e. The van der Waals surface area contributed by atoms with Crippen LogP contribution in [0.3, 0.4) is 0 Å². The first-order valence-corrected chi connectivity index (χ1v) is 12.4. The number of rotatable bonds is 10. The molecule has 0 fully saturated rings. The molecule has 0 saturated carbocycles. The number of ether oxygens (including phenoxy) is 2. The number of carbonyl (C=O) groups is 3. The number of nitrogens with one attached hydrogen (secondary N) is 2. The van der Waals surface area contributed by atoms with Gasteiger partial charge in [0.15, 0.2) is 6.61 Å². The third kappa shape index (κ3) is 9.28.